The van der Waals surface area contributed by atoms with Crippen LogP contribution in [0.4, 0.5) is 5.82 Å². The average Bonchev–Trinajstić information content (AvgIpc) is 2.68. The van der Waals surface area contributed by atoms with Crippen molar-refractivity contribution in [3.05, 3.63) is 66.6 Å². The van der Waals surface area contributed by atoms with Crippen molar-refractivity contribution in [2.45, 2.75) is 19.3 Å². The van der Waals surface area contributed by atoms with E-state index < -0.39 is 0 Å². The molecular weight excluding hydrogens is 312 g/mol. The zero-order chi connectivity index (χ0) is 17.5. The highest BCUT2D eigenvalue weighted by molar-refractivity contribution is 5.92. The van der Waals surface area contributed by atoms with E-state index in [1.807, 2.05) is 11.0 Å². The molecule has 1 aliphatic rings. The Morgan fingerprint density at radius 2 is 1.96 bits per heavy atom. The van der Waals surface area contributed by atoms with Crippen LogP contribution in [0.2, 0.25) is 0 Å². The fourth-order valence-corrected chi connectivity index (χ4v) is 3.16. The van der Waals surface area contributed by atoms with Gasteiger partial charge in [0, 0.05) is 19.6 Å². The van der Waals surface area contributed by atoms with Crippen LogP contribution in [-0.2, 0) is 6.42 Å². The number of nitrogens with zero attached hydrogens (tertiary/aromatic N) is 3. The normalized spacial score (nSPS) is 15.0. The Morgan fingerprint density at radius 1 is 1.20 bits per heavy atom. The number of aromatic nitrogens is 2. The van der Waals surface area contributed by atoms with Crippen LogP contribution in [0.25, 0.3) is 0 Å². The molecule has 1 aromatic heterocycles. The first-order valence-electron chi connectivity index (χ1n) is 8.76. The monoisotopic (exact) mass is 336 g/mol. The summed E-state index contributed by atoms with van der Waals surface area (Å²) in [7, 11) is 0. The molecule has 0 bridgehead atoms. The number of rotatable bonds is 6. The topological polar surface area (TPSA) is 58.1 Å². The number of carbonyl (C=O) groups is 1. The zero-order valence-electron chi connectivity index (χ0n) is 14.4. The Bertz CT molecular complexity index is 691. The van der Waals surface area contributed by atoms with Gasteiger partial charge in [-0.2, -0.15) is 0 Å². The zero-order valence-corrected chi connectivity index (χ0v) is 14.4. The maximum absolute atomic E-state index is 12.6. The molecule has 0 unspecified atom stereocenters. The molecule has 1 saturated heterocycles. The van der Waals surface area contributed by atoms with E-state index in [2.05, 4.69) is 46.1 Å². The van der Waals surface area contributed by atoms with Gasteiger partial charge in [-0.25, -0.2) is 9.97 Å². The molecule has 2 heterocycles. The summed E-state index contributed by atoms with van der Waals surface area (Å²) in [5.41, 5.74) is 1.78. The van der Waals surface area contributed by atoms with Crippen molar-refractivity contribution in [2.24, 2.45) is 5.92 Å². The first-order valence-corrected chi connectivity index (χ1v) is 8.76. The standard InChI is InChI=1S/C20H24N4O/c1-2-10-21-19-15-22-18(14-23-19)20(25)24-11-8-17(9-12-24)13-16-6-4-3-5-7-16/h2-7,14-15,17H,1,8-13H2,(H,21,23). The largest absolute Gasteiger partial charge is 0.365 e. The van der Waals surface area contributed by atoms with Crippen LogP contribution < -0.4 is 5.32 Å². The Balaban J connectivity index is 1.51. The molecule has 1 amide bonds. The SMILES string of the molecule is C=CCNc1cnc(C(=O)N2CCC(Cc3ccccc3)CC2)cn1. The fourth-order valence-electron chi connectivity index (χ4n) is 3.16. The third-order valence-corrected chi connectivity index (χ3v) is 4.57. The number of benzene rings is 1. The number of anilines is 1. The number of hydrogen-bond donors (Lipinski definition) is 1. The van der Waals surface area contributed by atoms with Gasteiger partial charge in [0.25, 0.3) is 5.91 Å². The molecule has 0 spiro atoms. The van der Waals surface area contributed by atoms with E-state index in [1.54, 1.807) is 18.5 Å². The maximum Gasteiger partial charge on any atom is 0.274 e. The van der Waals surface area contributed by atoms with Crippen molar-refractivity contribution in [1.82, 2.24) is 14.9 Å². The molecule has 1 fully saturated rings. The summed E-state index contributed by atoms with van der Waals surface area (Å²) in [6, 6.07) is 10.6. The smallest absolute Gasteiger partial charge is 0.274 e. The molecule has 0 saturated carbocycles. The lowest BCUT2D eigenvalue weighted by molar-refractivity contribution is 0.0684. The third kappa shape index (κ3) is 4.66. The second kappa shape index (κ2) is 8.42. The lowest BCUT2D eigenvalue weighted by Crippen LogP contribution is -2.39. The van der Waals surface area contributed by atoms with E-state index in [-0.39, 0.29) is 5.91 Å². The number of amides is 1. The van der Waals surface area contributed by atoms with Crippen LogP contribution in [0, 0.1) is 5.92 Å². The minimum atomic E-state index is -0.0269. The van der Waals surface area contributed by atoms with Gasteiger partial charge in [-0.3, -0.25) is 4.79 Å². The first kappa shape index (κ1) is 17.1. The van der Waals surface area contributed by atoms with Gasteiger partial charge in [0.2, 0.25) is 0 Å². The summed E-state index contributed by atoms with van der Waals surface area (Å²) < 4.78 is 0. The minimum Gasteiger partial charge on any atom is -0.365 e. The van der Waals surface area contributed by atoms with Crippen LogP contribution >= 0.6 is 0 Å². The average molecular weight is 336 g/mol. The van der Waals surface area contributed by atoms with E-state index in [4.69, 9.17) is 0 Å². The summed E-state index contributed by atoms with van der Waals surface area (Å²) >= 11 is 0. The molecule has 0 aliphatic carbocycles. The second-order valence-electron chi connectivity index (χ2n) is 6.38. The lowest BCUT2D eigenvalue weighted by Gasteiger charge is -2.31. The highest BCUT2D eigenvalue weighted by atomic mass is 16.2. The van der Waals surface area contributed by atoms with Gasteiger partial charge in [-0.1, -0.05) is 36.4 Å². The predicted molar refractivity (Wildman–Crippen MR) is 99.5 cm³/mol. The van der Waals surface area contributed by atoms with E-state index in [9.17, 15) is 4.79 Å². The summed E-state index contributed by atoms with van der Waals surface area (Å²) in [5.74, 6) is 1.27. The van der Waals surface area contributed by atoms with Gasteiger partial charge < -0.3 is 10.2 Å². The number of hydrogen-bond acceptors (Lipinski definition) is 4. The van der Waals surface area contributed by atoms with E-state index in [1.165, 1.54) is 5.56 Å². The molecule has 25 heavy (non-hydrogen) atoms. The van der Waals surface area contributed by atoms with Crippen molar-refractivity contribution < 1.29 is 4.79 Å². The quantitative estimate of drug-likeness (QED) is 0.823. The molecular formula is C20H24N4O. The molecule has 1 N–H and O–H groups in total. The molecule has 5 heteroatoms. The molecule has 130 valence electrons. The summed E-state index contributed by atoms with van der Waals surface area (Å²) in [5, 5.41) is 3.05. The maximum atomic E-state index is 12.6. The van der Waals surface area contributed by atoms with Gasteiger partial charge in [0.05, 0.1) is 12.4 Å². The Hall–Kier alpha value is -2.69. The third-order valence-electron chi connectivity index (χ3n) is 4.57. The van der Waals surface area contributed by atoms with Crippen LogP contribution in [0.15, 0.2) is 55.4 Å². The van der Waals surface area contributed by atoms with E-state index in [0.29, 0.717) is 24.0 Å². The molecule has 0 radical (unpaired) electrons. The van der Waals surface area contributed by atoms with Crippen molar-refractivity contribution in [3.63, 3.8) is 0 Å². The lowest BCUT2D eigenvalue weighted by atomic mass is 9.90. The van der Waals surface area contributed by atoms with Crippen molar-refractivity contribution in [1.29, 1.82) is 0 Å². The predicted octanol–water partition coefficient (Wildman–Crippen LogP) is 3.17. The molecule has 1 aromatic carbocycles. The van der Waals surface area contributed by atoms with Gasteiger partial charge in [0.1, 0.15) is 11.5 Å². The molecule has 0 atom stereocenters. The highest BCUT2D eigenvalue weighted by Crippen LogP contribution is 2.22. The Kier molecular flexibility index (Phi) is 5.77. The van der Waals surface area contributed by atoms with E-state index >= 15 is 0 Å². The molecule has 1 aliphatic heterocycles. The molecule has 3 rings (SSSR count). The van der Waals surface area contributed by atoms with E-state index in [0.717, 1.165) is 32.4 Å². The fraction of sp³-hybridized carbons (Fsp3) is 0.350. The van der Waals surface area contributed by atoms with Crippen LogP contribution in [-0.4, -0.2) is 40.4 Å². The number of piperidine rings is 1. The summed E-state index contributed by atoms with van der Waals surface area (Å²) in [6.45, 7) is 5.84. The van der Waals surface area contributed by atoms with Crippen molar-refractivity contribution >= 4 is 11.7 Å². The minimum absolute atomic E-state index is 0.0269. The molecule has 5 nitrogen and oxygen atoms in total. The van der Waals surface area contributed by atoms with Gasteiger partial charge in [-0.05, 0) is 30.7 Å². The molecule has 2 aromatic rings. The number of carbonyl (C=O) groups excluding carboxylic acids is 1. The van der Waals surface area contributed by atoms with Gasteiger partial charge in [-0.15, -0.1) is 6.58 Å². The second-order valence-corrected chi connectivity index (χ2v) is 6.38. The van der Waals surface area contributed by atoms with Crippen LogP contribution in [0.3, 0.4) is 0 Å². The summed E-state index contributed by atoms with van der Waals surface area (Å²) in [6.07, 6.45) is 8.05. The van der Waals surface area contributed by atoms with Crippen LogP contribution in [0.5, 0.6) is 0 Å². The first-order chi connectivity index (χ1) is 12.3. The number of nitrogens with one attached hydrogen (secondary N) is 1. The van der Waals surface area contributed by atoms with Crippen molar-refractivity contribution in [2.75, 3.05) is 25.0 Å². The van der Waals surface area contributed by atoms with Gasteiger partial charge >= 0.3 is 0 Å². The van der Waals surface area contributed by atoms with Crippen molar-refractivity contribution in [3.8, 4) is 0 Å². The summed E-state index contributed by atoms with van der Waals surface area (Å²) in [4.78, 5) is 22.9. The van der Waals surface area contributed by atoms with Crippen LogP contribution in [0.1, 0.15) is 28.9 Å². The highest BCUT2D eigenvalue weighted by Gasteiger charge is 2.24. The van der Waals surface area contributed by atoms with Gasteiger partial charge in [0.15, 0.2) is 0 Å². The Morgan fingerprint density at radius 3 is 2.60 bits per heavy atom. The number of likely N-dealkylation sites (tertiary alicyclic amines) is 1. The Labute approximate surface area is 148 Å².